The quantitative estimate of drug-likeness (QED) is 0.634. The summed E-state index contributed by atoms with van der Waals surface area (Å²) < 4.78 is 18.3. The molecule has 0 radical (unpaired) electrons. The van der Waals surface area contributed by atoms with Gasteiger partial charge in [-0.2, -0.15) is 0 Å². The van der Waals surface area contributed by atoms with Gasteiger partial charge in [-0.3, -0.25) is 9.59 Å². The van der Waals surface area contributed by atoms with E-state index in [1.54, 1.807) is 0 Å². The van der Waals surface area contributed by atoms with Crippen molar-refractivity contribution in [2.24, 2.45) is 5.92 Å². The third kappa shape index (κ3) is 6.16. The van der Waals surface area contributed by atoms with Gasteiger partial charge in [0.25, 0.3) is 5.91 Å². The first-order chi connectivity index (χ1) is 11.1. The zero-order chi connectivity index (χ0) is 18.4. The first-order valence-electron chi connectivity index (χ1n) is 7.84. The molecule has 2 unspecified atom stereocenters. The predicted octanol–water partition coefficient (Wildman–Crippen LogP) is 2.38. The Morgan fingerprint density at radius 3 is 2.38 bits per heavy atom. The predicted molar refractivity (Wildman–Crippen MR) is 89.2 cm³/mol. The number of hydrogen-bond donors (Lipinski definition) is 2. The number of carbonyl (C=O) groups excluding carboxylic acids is 1. The first-order valence-corrected chi connectivity index (χ1v) is 7.84. The van der Waals surface area contributed by atoms with Gasteiger partial charge in [0.1, 0.15) is 12.4 Å². The largest absolute Gasteiger partial charge is 0.480 e. The van der Waals surface area contributed by atoms with Crippen LogP contribution in [-0.2, 0) is 9.53 Å². The number of ether oxygens (including phenoxy) is 1. The number of anilines is 1. The standard InChI is InChI=1S/C10H11FN2O3.C7H14O/c1-13(5-9(14)15)10(16)6-2-7(11)4-8(12)3-6;1-4-6-7(8-6)5(2)3/h2-4H,5,12H2,1H3,(H,14,15);5-7H,4H2,1-3H3. The Morgan fingerprint density at radius 1 is 1.38 bits per heavy atom. The van der Waals surface area contributed by atoms with Crippen LogP contribution in [0, 0.1) is 11.7 Å². The summed E-state index contributed by atoms with van der Waals surface area (Å²) in [7, 11) is 1.32. The Bertz CT molecular complexity index is 572. The fourth-order valence-corrected chi connectivity index (χ4v) is 2.30. The highest BCUT2D eigenvalue weighted by molar-refractivity contribution is 5.96. The van der Waals surface area contributed by atoms with Crippen molar-refractivity contribution in [3.63, 3.8) is 0 Å². The smallest absolute Gasteiger partial charge is 0.323 e. The van der Waals surface area contributed by atoms with Crippen molar-refractivity contribution in [2.75, 3.05) is 19.3 Å². The lowest BCUT2D eigenvalue weighted by Gasteiger charge is -2.14. The average molecular weight is 340 g/mol. The molecular formula is C17H25FN2O4. The molecule has 1 aromatic carbocycles. The zero-order valence-corrected chi connectivity index (χ0v) is 14.5. The summed E-state index contributed by atoms with van der Waals surface area (Å²) in [5.41, 5.74) is 5.52. The number of nitrogens with zero attached hydrogens (tertiary/aromatic N) is 1. The summed E-state index contributed by atoms with van der Waals surface area (Å²) in [5, 5.41) is 8.50. The number of aliphatic carboxylic acids is 1. The Hall–Kier alpha value is -2.15. The van der Waals surface area contributed by atoms with Crippen LogP contribution in [0.3, 0.4) is 0 Å². The molecule has 1 saturated heterocycles. The van der Waals surface area contributed by atoms with Crippen LogP contribution in [0.4, 0.5) is 10.1 Å². The summed E-state index contributed by atoms with van der Waals surface area (Å²) in [6, 6.07) is 3.38. The van der Waals surface area contributed by atoms with Gasteiger partial charge in [-0.15, -0.1) is 0 Å². The van der Waals surface area contributed by atoms with Gasteiger partial charge in [0, 0.05) is 18.3 Å². The van der Waals surface area contributed by atoms with Gasteiger partial charge in [-0.05, 0) is 30.5 Å². The SMILES string of the molecule is CCC1OC1C(C)C.CN(CC(=O)O)C(=O)c1cc(N)cc(F)c1. The molecule has 7 heteroatoms. The third-order valence-electron chi connectivity index (χ3n) is 3.57. The molecule has 134 valence electrons. The van der Waals surface area contributed by atoms with Gasteiger partial charge >= 0.3 is 5.97 Å². The summed E-state index contributed by atoms with van der Waals surface area (Å²) in [6.07, 6.45) is 2.36. The van der Waals surface area contributed by atoms with E-state index >= 15 is 0 Å². The minimum atomic E-state index is -1.14. The molecule has 1 aliphatic heterocycles. The van der Waals surface area contributed by atoms with E-state index in [9.17, 15) is 14.0 Å². The second kappa shape index (κ2) is 8.63. The zero-order valence-electron chi connectivity index (χ0n) is 14.5. The molecule has 1 heterocycles. The van der Waals surface area contributed by atoms with Crippen molar-refractivity contribution in [2.45, 2.75) is 39.4 Å². The fraction of sp³-hybridized carbons (Fsp3) is 0.529. The Morgan fingerprint density at radius 2 is 2.00 bits per heavy atom. The van der Waals surface area contributed by atoms with E-state index in [2.05, 4.69) is 20.8 Å². The summed E-state index contributed by atoms with van der Waals surface area (Å²) in [6.45, 7) is 6.14. The second-order valence-electron chi connectivity index (χ2n) is 6.12. The van der Waals surface area contributed by atoms with Crippen molar-refractivity contribution >= 4 is 17.6 Å². The van der Waals surface area contributed by atoms with Crippen LogP contribution in [-0.4, -0.2) is 47.7 Å². The number of carboxylic acid groups (broad SMARTS) is 1. The van der Waals surface area contributed by atoms with Crippen molar-refractivity contribution in [3.8, 4) is 0 Å². The van der Waals surface area contributed by atoms with Gasteiger partial charge in [0.15, 0.2) is 0 Å². The van der Waals surface area contributed by atoms with Crippen LogP contribution < -0.4 is 5.73 Å². The molecular weight excluding hydrogens is 315 g/mol. The number of epoxide rings is 1. The van der Waals surface area contributed by atoms with Crippen LogP contribution in [0.2, 0.25) is 0 Å². The summed E-state index contributed by atoms with van der Waals surface area (Å²) >= 11 is 0. The molecule has 2 rings (SSSR count). The second-order valence-corrected chi connectivity index (χ2v) is 6.12. The van der Waals surface area contributed by atoms with E-state index in [1.165, 1.54) is 19.5 Å². The van der Waals surface area contributed by atoms with E-state index < -0.39 is 24.2 Å². The molecule has 0 saturated carbocycles. The van der Waals surface area contributed by atoms with Gasteiger partial charge in [0.05, 0.1) is 12.2 Å². The molecule has 1 fully saturated rings. The van der Waals surface area contributed by atoms with E-state index in [-0.39, 0.29) is 11.3 Å². The van der Waals surface area contributed by atoms with Crippen LogP contribution >= 0.6 is 0 Å². The lowest BCUT2D eigenvalue weighted by Crippen LogP contribution is -2.32. The van der Waals surface area contributed by atoms with Gasteiger partial charge < -0.3 is 20.5 Å². The maximum Gasteiger partial charge on any atom is 0.323 e. The van der Waals surface area contributed by atoms with E-state index in [1.807, 2.05) is 0 Å². The Labute approximate surface area is 141 Å². The lowest BCUT2D eigenvalue weighted by atomic mass is 10.1. The van der Waals surface area contributed by atoms with Crippen molar-refractivity contribution in [3.05, 3.63) is 29.6 Å². The topological polar surface area (TPSA) is 96.2 Å². The molecule has 24 heavy (non-hydrogen) atoms. The third-order valence-corrected chi connectivity index (χ3v) is 3.57. The van der Waals surface area contributed by atoms with E-state index in [0.29, 0.717) is 12.2 Å². The maximum absolute atomic E-state index is 12.9. The number of nitrogens with two attached hydrogens (primary N) is 1. The molecule has 6 nitrogen and oxygen atoms in total. The minimum absolute atomic E-state index is 0.0289. The van der Waals surface area contributed by atoms with Crippen LogP contribution in [0.5, 0.6) is 0 Å². The fourth-order valence-electron chi connectivity index (χ4n) is 2.30. The monoisotopic (exact) mass is 340 g/mol. The number of hydrogen-bond acceptors (Lipinski definition) is 4. The molecule has 0 bridgehead atoms. The number of rotatable bonds is 5. The van der Waals surface area contributed by atoms with Gasteiger partial charge in [0.2, 0.25) is 0 Å². The first kappa shape index (κ1) is 19.9. The van der Waals surface area contributed by atoms with E-state index in [0.717, 1.165) is 23.0 Å². The molecule has 1 aliphatic rings. The highest BCUT2D eigenvalue weighted by atomic mass is 19.1. The molecule has 0 aliphatic carbocycles. The number of amides is 1. The molecule has 1 amide bonds. The van der Waals surface area contributed by atoms with Crippen LogP contribution in [0.1, 0.15) is 37.6 Å². The lowest BCUT2D eigenvalue weighted by molar-refractivity contribution is -0.137. The molecule has 0 spiro atoms. The summed E-state index contributed by atoms with van der Waals surface area (Å²) in [4.78, 5) is 23.0. The number of nitrogen functional groups attached to an aromatic ring is 1. The summed E-state index contributed by atoms with van der Waals surface area (Å²) in [5.74, 6) is -1.64. The van der Waals surface area contributed by atoms with E-state index in [4.69, 9.17) is 15.6 Å². The minimum Gasteiger partial charge on any atom is -0.480 e. The Kier molecular flexibility index (Phi) is 7.16. The van der Waals surface area contributed by atoms with Crippen molar-refractivity contribution in [1.29, 1.82) is 0 Å². The number of carboxylic acids is 1. The molecule has 3 N–H and O–H groups in total. The van der Waals surface area contributed by atoms with Crippen molar-refractivity contribution < 1.29 is 23.8 Å². The maximum atomic E-state index is 12.9. The number of carbonyl (C=O) groups is 2. The van der Waals surface area contributed by atoms with Crippen LogP contribution in [0.15, 0.2) is 18.2 Å². The average Bonchev–Trinajstić information content (AvgIpc) is 3.25. The normalized spacial score (nSPS) is 18.6. The Balaban J connectivity index is 0.000000300. The molecule has 0 aromatic heterocycles. The highest BCUT2D eigenvalue weighted by Gasteiger charge is 2.38. The highest BCUT2D eigenvalue weighted by Crippen LogP contribution is 2.30. The molecule has 1 aromatic rings. The number of benzene rings is 1. The number of likely N-dealkylation sites (N-methyl/N-ethyl adjacent to an activating group) is 1. The number of halogens is 1. The van der Waals surface area contributed by atoms with Gasteiger partial charge in [-0.25, -0.2) is 4.39 Å². The van der Waals surface area contributed by atoms with Crippen molar-refractivity contribution in [1.82, 2.24) is 4.90 Å². The molecule has 2 atom stereocenters. The van der Waals surface area contributed by atoms with Gasteiger partial charge in [-0.1, -0.05) is 20.8 Å². The van der Waals surface area contributed by atoms with Crippen LogP contribution in [0.25, 0.3) is 0 Å².